The summed E-state index contributed by atoms with van der Waals surface area (Å²) in [5.74, 6) is 0.779. The van der Waals surface area contributed by atoms with Gasteiger partial charge in [-0.05, 0) is 32.7 Å². The van der Waals surface area contributed by atoms with E-state index in [1.807, 2.05) is 0 Å². The zero-order chi connectivity index (χ0) is 9.30. The maximum absolute atomic E-state index is 5.61. The highest BCUT2D eigenvalue weighted by atomic mass is 32.1. The number of hydrogen-bond donors (Lipinski definition) is 1. The van der Waals surface area contributed by atoms with Crippen LogP contribution in [0.5, 0.6) is 0 Å². The molecule has 0 amide bonds. The second kappa shape index (κ2) is 3.71. The smallest absolute Gasteiger partial charge is 0.0899 e. The van der Waals surface area contributed by atoms with Gasteiger partial charge in [0.05, 0.1) is 11.0 Å². The topological polar surface area (TPSA) is 29.3 Å². The minimum atomic E-state index is 0.264. The molecule has 1 aliphatic rings. The number of nitrogens with two attached hydrogens (primary N) is 1. The van der Waals surface area contributed by atoms with E-state index in [1.54, 1.807) is 0 Å². The summed E-state index contributed by atoms with van der Waals surface area (Å²) < 4.78 is 0. The third-order valence-corrected chi connectivity index (χ3v) is 3.44. The van der Waals surface area contributed by atoms with E-state index in [0.717, 1.165) is 12.5 Å². The minimum absolute atomic E-state index is 0.264. The van der Waals surface area contributed by atoms with Crippen molar-refractivity contribution in [3.63, 3.8) is 0 Å². The second-order valence-electron chi connectivity index (χ2n) is 3.82. The molecule has 2 N–H and O–H groups in total. The predicted octanol–water partition coefficient (Wildman–Crippen LogP) is 1.39. The van der Waals surface area contributed by atoms with Crippen LogP contribution in [0.15, 0.2) is 0 Å². The van der Waals surface area contributed by atoms with E-state index in [-0.39, 0.29) is 6.04 Å². The SMILES string of the molecule is CC1CCN(C(C)C(N)=S)C1C. The van der Waals surface area contributed by atoms with Gasteiger partial charge in [-0.15, -0.1) is 0 Å². The van der Waals surface area contributed by atoms with Gasteiger partial charge in [0.15, 0.2) is 0 Å². The Bertz CT molecular complexity index is 181. The summed E-state index contributed by atoms with van der Waals surface area (Å²) in [5.41, 5.74) is 5.61. The van der Waals surface area contributed by atoms with E-state index in [1.165, 1.54) is 6.42 Å². The first kappa shape index (κ1) is 9.93. The first-order valence-corrected chi connectivity index (χ1v) is 5.00. The number of rotatable bonds is 2. The van der Waals surface area contributed by atoms with E-state index in [9.17, 15) is 0 Å². The molecule has 0 bridgehead atoms. The molecule has 0 aromatic rings. The van der Waals surface area contributed by atoms with E-state index < -0.39 is 0 Å². The molecular formula is C9H18N2S. The van der Waals surface area contributed by atoms with Gasteiger partial charge in [-0.2, -0.15) is 0 Å². The Balaban J connectivity index is 2.59. The summed E-state index contributed by atoms with van der Waals surface area (Å²) in [7, 11) is 0. The lowest BCUT2D eigenvalue weighted by Gasteiger charge is -2.28. The van der Waals surface area contributed by atoms with Crippen molar-refractivity contribution in [3.8, 4) is 0 Å². The van der Waals surface area contributed by atoms with Gasteiger partial charge < -0.3 is 5.73 Å². The molecule has 1 aliphatic heterocycles. The average Bonchev–Trinajstić information content (AvgIpc) is 2.32. The molecule has 3 unspecified atom stereocenters. The molecule has 1 saturated heterocycles. The Morgan fingerprint density at radius 1 is 1.58 bits per heavy atom. The van der Waals surface area contributed by atoms with Crippen LogP contribution in [0.25, 0.3) is 0 Å². The Kier molecular flexibility index (Phi) is 3.07. The Morgan fingerprint density at radius 2 is 2.17 bits per heavy atom. The Hall–Kier alpha value is -0.150. The molecule has 0 spiro atoms. The quantitative estimate of drug-likeness (QED) is 0.661. The van der Waals surface area contributed by atoms with Gasteiger partial charge in [-0.3, -0.25) is 4.90 Å². The van der Waals surface area contributed by atoms with Crippen molar-refractivity contribution in [2.24, 2.45) is 11.7 Å². The first-order valence-electron chi connectivity index (χ1n) is 4.59. The molecular weight excluding hydrogens is 168 g/mol. The summed E-state index contributed by atoms with van der Waals surface area (Å²) in [4.78, 5) is 3.02. The highest BCUT2D eigenvalue weighted by Gasteiger charge is 2.31. The van der Waals surface area contributed by atoms with Crippen molar-refractivity contribution < 1.29 is 0 Å². The molecule has 0 aromatic heterocycles. The van der Waals surface area contributed by atoms with Gasteiger partial charge in [0.25, 0.3) is 0 Å². The summed E-state index contributed by atoms with van der Waals surface area (Å²) in [6, 6.07) is 0.890. The van der Waals surface area contributed by atoms with Gasteiger partial charge in [0.2, 0.25) is 0 Å². The lowest BCUT2D eigenvalue weighted by atomic mass is 10.0. The van der Waals surface area contributed by atoms with Crippen molar-refractivity contribution in [2.75, 3.05) is 6.54 Å². The predicted molar refractivity (Wildman–Crippen MR) is 56.2 cm³/mol. The van der Waals surface area contributed by atoms with Crippen LogP contribution in [0.2, 0.25) is 0 Å². The van der Waals surface area contributed by atoms with Crippen molar-refractivity contribution >= 4 is 17.2 Å². The highest BCUT2D eigenvalue weighted by molar-refractivity contribution is 7.80. The molecule has 0 aromatic carbocycles. The second-order valence-corrected chi connectivity index (χ2v) is 4.29. The van der Waals surface area contributed by atoms with Gasteiger partial charge >= 0.3 is 0 Å². The molecule has 0 saturated carbocycles. The van der Waals surface area contributed by atoms with Gasteiger partial charge in [0, 0.05) is 6.04 Å². The van der Waals surface area contributed by atoms with E-state index in [0.29, 0.717) is 11.0 Å². The fourth-order valence-electron chi connectivity index (χ4n) is 1.83. The standard InChI is InChI=1S/C9H18N2S/c1-6-4-5-11(7(6)2)8(3)9(10)12/h6-8H,4-5H2,1-3H3,(H2,10,12). The van der Waals surface area contributed by atoms with Crippen LogP contribution in [-0.2, 0) is 0 Å². The fourth-order valence-corrected chi connectivity index (χ4v) is 1.97. The molecule has 70 valence electrons. The molecule has 0 aliphatic carbocycles. The Morgan fingerprint density at radius 3 is 2.50 bits per heavy atom. The minimum Gasteiger partial charge on any atom is -0.392 e. The van der Waals surface area contributed by atoms with Crippen LogP contribution in [0, 0.1) is 5.92 Å². The third-order valence-electron chi connectivity index (χ3n) is 3.10. The van der Waals surface area contributed by atoms with E-state index in [2.05, 4.69) is 25.7 Å². The van der Waals surface area contributed by atoms with Crippen molar-refractivity contribution in [2.45, 2.75) is 39.3 Å². The number of likely N-dealkylation sites (tertiary alicyclic amines) is 1. The molecule has 3 heteroatoms. The average molecular weight is 186 g/mol. The molecule has 3 atom stereocenters. The van der Waals surface area contributed by atoms with Crippen LogP contribution in [0.4, 0.5) is 0 Å². The van der Waals surface area contributed by atoms with Crippen LogP contribution in [0.3, 0.4) is 0 Å². The highest BCUT2D eigenvalue weighted by Crippen LogP contribution is 2.25. The van der Waals surface area contributed by atoms with Crippen LogP contribution < -0.4 is 5.73 Å². The van der Waals surface area contributed by atoms with Gasteiger partial charge in [0.1, 0.15) is 0 Å². The van der Waals surface area contributed by atoms with Gasteiger partial charge in [-0.25, -0.2) is 0 Å². The molecule has 1 fully saturated rings. The molecule has 1 rings (SSSR count). The monoisotopic (exact) mass is 186 g/mol. The molecule has 12 heavy (non-hydrogen) atoms. The van der Waals surface area contributed by atoms with Crippen molar-refractivity contribution in [1.82, 2.24) is 4.90 Å². The lowest BCUT2D eigenvalue weighted by Crippen LogP contribution is -2.44. The van der Waals surface area contributed by atoms with Crippen LogP contribution >= 0.6 is 12.2 Å². The Labute approximate surface area is 80.1 Å². The summed E-state index contributed by atoms with van der Waals surface area (Å²) in [6.07, 6.45) is 1.27. The molecule has 0 radical (unpaired) electrons. The maximum atomic E-state index is 5.61. The largest absolute Gasteiger partial charge is 0.392 e. The third kappa shape index (κ3) is 1.77. The van der Waals surface area contributed by atoms with Crippen molar-refractivity contribution in [1.29, 1.82) is 0 Å². The van der Waals surface area contributed by atoms with Crippen LogP contribution in [0.1, 0.15) is 27.2 Å². The van der Waals surface area contributed by atoms with E-state index in [4.69, 9.17) is 18.0 Å². The van der Waals surface area contributed by atoms with Crippen molar-refractivity contribution in [3.05, 3.63) is 0 Å². The summed E-state index contributed by atoms with van der Waals surface area (Å²) >= 11 is 4.98. The molecule has 2 nitrogen and oxygen atoms in total. The number of hydrogen-bond acceptors (Lipinski definition) is 2. The first-order chi connectivity index (χ1) is 5.54. The zero-order valence-electron chi connectivity index (χ0n) is 8.08. The summed E-state index contributed by atoms with van der Waals surface area (Å²) in [5, 5.41) is 0. The van der Waals surface area contributed by atoms with Crippen LogP contribution in [-0.4, -0.2) is 28.5 Å². The van der Waals surface area contributed by atoms with Gasteiger partial charge in [-0.1, -0.05) is 19.1 Å². The number of thiocarbonyl (C=S) groups is 1. The lowest BCUT2D eigenvalue weighted by molar-refractivity contribution is 0.229. The fraction of sp³-hybridized carbons (Fsp3) is 0.889. The maximum Gasteiger partial charge on any atom is 0.0899 e. The summed E-state index contributed by atoms with van der Waals surface area (Å²) in [6.45, 7) is 7.78. The number of nitrogens with zero attached hydrogens (tertiary/aromatic N) is 1. The zero-order valence-corrected chi connectivity index (χ0v) is 8.90. The van der Waals surface area contributed by atoms with E-state index >= 15 is 0 Å². The normalized spacial score (nSPS) is 33.6. The molecule has 1 heterocycles.